The maximum Gasteiger partial charge on any atom is 0.433 e. The second kappa shape index (κ2) is 3.63. The molecular formula is C9H13F3N2. The fourth-order valence-electron chi connectivity index (χ4n) is 1.26. The Labute approximate surface area is 80.7 Å². The molecule has 0 aliphatic rings. The molecule has 1 rings (SSSR count). The van der Waals surface area contributed by atoms with E-state index in [9.17, 15) is 13.2 Å². The second-order valence-electron chi connectivity index (χ2n) is 3.74. The molecular weight excluding hydrogens is 193 g/mol. The first kappa shape index (κ1) is 11.1. The van der Waals surface area contributed by atoms with Gasteiger partial charge in [-0.05, 0) is 18.9 Å². The van der Waals surface area contributed by atoms with Crippen molar-refractivity contribution in [3.63, 3.8) is 0 Å². The smallest absolute Gasteiger partial charge is 0.260 e. The summed E-state index contributed by atoms with van der Waals surface area (Å²) in [5, 5.41) is 3.81. The van der Waals surface area contributed by atoms with Crippen molar-refractivity contribution in [3.8, 4) is 0 Å². The van der Waals surface area contributed by atoms with Gasteiger partial charge >= 0.3 is 6.18 Å². The van der Waals surface area contributed by atoms with Crippen molar-refractivity contribution < 1.29 is 13.2 Å². The van der Waals surface area contributed by atoms with E-state index < -0.39 is 11.9 Å². The molecule has 0 aromatic carbocycles. The third kappa shape index (κ3) is 2.49. The van der Waals surface area contributed by atoms with E-state index in [-0.39, 0.29) is 5.92 Å². The molecule has 0 atom stereocenters. The monoisotopic (exact) mass is 206 g/mol. The highest BCUT2D eigenvalue weighted by atomic mass is 19.4. The van der Waals surface area contributed by atoms with E-state index >= 15 is 0 Å². The van der Waals surface area contributed by atoms with Crippen LogP contribution in [0.25, 0.3) is 0 Å². The minimum atomic E-state index is -4.31. The molecule has 80 valence electrons. The first-order chi connectivity index (χ1) is 6.30. The van der Waals surface area contributed by atoms with Gasteiger partial charge < -0.3 is 0 Å². The van der Waals surface area contributed by atoms with E-state index in [1.54, 1.807) is 6.92 Å². The molecule has 1 aromatic rings. The topological polar surface area (TPSA) is 17.8 Å². The van der Waals surface area contributed by atoms with Crippen molar-refractivity contribution in [1.82, 2.24) is 9.78 Å². The first-order valence-corrected chi connectivity index (χ1v) is 4.42. The molecule has 0 aliphatic carbocycles. The third-order valence-corrected chi connectivity index (χ3v) is 1.73. The molecule has 0 amide bonds. The predicted molar refractivity (Wildman–Crippen MR) is 46.8 cm³/mol. The van der Waals surface area contributed by atoms with Gasteiger partial charge in [-0.25, -0.2) is 0 Å². The first-order valence-electron chi connectivity index (χ1n) is 4.42. The highest BCUT2D eigenvalue weighted by molar-refractivity contribution is 5.12. The van der Waals surface area contributed by atoms with Crippen LogP contribution >= 0.6 is 0 Å². The maximum atomic E-state index is 12.5. The molecule has 0 unspecified atom stereocenters. The molecule has 0 saturated heterocycles. The number of nitrogens with zero attached hydrogens (tertiary/aromatic N) is 2. The number of aryl methyl sites for hydroxylation is 1. The lowest BCUT2D eigenvalue weighted by Crippen LogP contribution is -2.16. The summed E-state index contributed by atoms with van der Waals surface area (Å²) in [5.74, 6) is 0.149. The van der Waals surface area contributed by atoms with Crippen molar-refractivity contribution in [2.75, 3.05) is 0 Å². The Balaban J connectivity index is 3.03. The molecule has 2 nitrogen and oxygen atoms in total. The van der Waals surface area contributed by atoms with Gasteiger partial charge in [0.1, 0.15) is 5.69 Å². The Morgan fingerprint density at radius 2 is 2.00 bits per heavy atom. The molecule has 0 fully saturated rings. The van der Waals surface area contributed by atoms with Crippen LogP contribution in [0.1, 0.15) is 25.2 Å². The molecule has 0 spiro atoms. The van der Waals surface area contributed by atoms with Crippen molar-refractivity contribution in [2.24, 2.45) is 5.92 Å². The molecule has 0 N–H and O–H groups in total. The Bertz CT molecular complexity index is 312. The van der Waals surface area contributed by atoms with Crippen LogP contribution < -0.4 is 0 Å². The van der Waals surface area contributed by atoms with E-state index in [1.165, 1.54) is 0 Å². The van der Waals surface area contributed by atoms with Crippen LogP contribution in [0.15, 0.2) is 6.07 Å². The SMILES string of the molecule is Cc1cc(C(F)(F)F)n(CC(C)C)n1. The molecule has 0 saturated carbocycles. The summed E-state index contributed by atoms with van der Waals surface area (Å²) in [6.07, 6.45) is -4.31. The van der Waals surface area contributed by atoms with Crippen LogP contribution in [0, 0.1) is 12.8 Å². The average molecular weight is 206 g/mol. The lowest BCUT2D eigenvalue weighted by atomic mass is 10.2. The number of halogens is 3. The minimum absolute atomic E-state index is 0.149. The molecule has 14 heavy (non-hydrogen) atoms. The zero-order valence-corrected chi connectivity index (χ0v) is 8.39. The van der Waals surface area contributed by atoms with Gasteiger partial charge in [0.2, 0.25) is 0 Å². The zero-order valence-electron chi connectivity index (χ0n) is 8.39. The van der Waals surface area contributed by atoms with E-state index in [0.717, 1.165) is 10.7 Å². The van der Waals surface area contributed by atoms with Crippen molar-refractivity contribution >= 4 is 0 Å². The van der Waals surface area contributed by atoms with Crippen molar-refractivity contribution in [1.29, 1.82) is 0 Å². The van der Waals surface area contributed by atoms with E-state index in [0.29, 0.717) is 12.2 Å². The fraction of sp³-hybridized carbons (Fsp3) is 0.667. The normalized spacial score (nSPS) is 12.5. The Morgan fingerprint density at radius 1 is 1.43 bits per heavy atom. The van der Waals surface area contributed by atoms with E-state index in [4.69, 9.17) is 0 Å². The van der Waals surface area contributed by atoms with Crippen LogP contribution in [0.4, 0.5) is 13.2 Å². The van der Waals surface area contributed by atoms with Crippen molar-refractivity contribution in [2.45, 2.75) is 33.5 Å². The highest BCUT2D eigenvalue weighted by Gasteiger charge is 2.35. The van der Waals surface area contributed by atoms with Gasteiger partial charge in [0, 0.05) is 6.54 Å². The second-order valence-corrected chi connectivity index (χ2v) is 3.74. The van der Waals surface area contributed by atoms with E-state index in [2.05, 4.69) is 5.10 Å². The van der Waals surface area contributed by atoms with Crippen molar-refractivity contribution in [3.05, 3.63) is 17.5 Å². The van der Waals surface area contributed by atoms with Gasteiger partial charge in [-0.2, -0.15) is 18.3 Å². The van der Waals surface area contributed by atoms with Crippen LogP contribution in [0.3, 0.4) is 0 Å². The number of rotatable bonds is 2. The van der Waals surface area contributed by atoms with Crippen LogP contribution in [0.5, 0.6) is 0 Å². The summed E-state index contributed by atoms with van der Waals surface area (Å²) in [6.45, 7) is 5.57. The summed E-state index contributed by atoms with van der Waals surface area (Å²) in [4.78, 5) is 0. The molecule has 1 heterocycles. The van der Waals surface area contributed by atoms with Gasteiger partial charge in [0.05, 0.1) is 5.69 Å². The Morgan fingerprint density at radius 3 is 2.43 bits per heavy atom. The fourth-order valence-corrected chi connectivity index (χ4v) is 1.26. The zero-order chi connectivity index (χ0) is 10.9. The molecule has 5 heteroatoms. The number of aromatic nitrogens is 2. The van der Waals surface area contributed by atoms with E-state index in [1.807, 2.05) is 13.8 Å². The summed E-state index contributed by atoms with van der Waals surface area (Å²) in [5.41, 5.74) is -0.262. The summed E-state index contributed by atoms with van der Waals surface area (Å²) in [7, 11) is 0. The lowest BCUT2D eigenvalue weighted by molar-refractivity contribution is -0.144. The third-order valence-electron chi connectivity index (χ3n) is 1.73. The summed E-state index contributed by atoms with van der Waals surface area (Å²) >= 11 is 0. The molecule has 0 radical (unpaired) electrons. The van der Waals surface area contributed by atoms with Gasteiger partial charge in [0.25, 0.3) is 0 Å². The van der Waals surface area contributed by atoms with Gasteiger partial charge in [-0.3, -0.25) is 4.68 Å². The van der Waals surface area contributed by atoms with Crippen LogP contribution in [-0.2, 0) is 12.7 Å². The molecule has 0 bridgehead atoms. The van der Waals surface area contributed by atoms with Crippen LogP contribution in [0.2, 0.25) is 0 Å². The highest BCUT2D eigenvalue weighted by Crippen LogP contribution is 2.30. The van der Waals surface area contributed by atoms with Gasteiger partial charge in [-0.1, -0.05) is 13.8 Å². The quantitative estimate of drug-likeness (QED) is 0.727. The number of hydrogen-bond donors (Lipinski definition) is 0. The molecule has 0 aliphatic heterocycles. The number of alkyl halides is 3. The standard InChI is InChI=1S/C9H13F3N2/c1-6(2)5-14-8(9(10,11)12)4-7(3)13-14/h4,6H,5H2,1-3H3. The largest absolute Gasteiger partial charge is 0.433 e. The van der Waals surface area contributed by atoms with Gasteiger partial charge in [-0.15, -0.1) is 0 Å². The summed E-state index contributed by atoms with van der Waals surface area (Å²) in [6, 6.07) is 1.07. The Kier molecular flexibility index (Phi) is 2.87. The van der Waals surface area contributed by atoms with Crippen LogP contribution in [-0.4, -0.2) is 9.78 Å². The number of hydrogen-bond acceptors (Lipinski definition) is 1. The maximum absolute atomic E-state index is 12.5. The average Bonchev–Trinajstić information content (AvgIpc) is 2.28. The molecule has 1 aromatic heterocycles. The Hall–Kier alpha value is -1.00. The summed E-state index contributed by atoms with van der Waals surface area (Å²) < 4.78 is 38.4. The van der Waals surface area contributed by atoms with Gasteiger partial charge in [0.15, 0.2) is 0 Å². The lowest BCUT2D eigenvalue weighted by Gasteiger charge is -2.11. The predicted octanol–water partition coefficient (Wildman–Crippen LogP) is 2.87. The minimum Gasteiger partial charge on any atom is -0.260 e.